The molecule has 1 aliphatic carbocycles. The Morgan fingerprint density at radius 1 is 1.50 bits per heavy atom. The van der Waals surface area contributed by atoms with E-state index in [0.29, 0.717) is 6.54 Å². The van der Waals surface area contributed by atoms with Gasteiger partial charge in [0.2, 0.25) is 5.91 Å². The van der Waals surface area contributed by atoms with Crippen molar-refractivity contribution in [3.05, 3.63) is 0 Å². The second kappa shape index (κ2) is 4.10. The van der Waals surface area contributed by atoms with Crippen LogP contribution in [0.1, 0.15) is 12.8 Å². The first kappa shape index (κ1) is 9.81. The Balaban J connectivity index is 0.000000720. The SMILES string of the molecule is Cl.O=C1CNCCN1CC1CC1. The summed E-state index contributed by atoms with van der Waals surface area (Å²) < 4.78 is 0. The summed E-state index contributed by atoms with van der Waals surface area (Å²) in [5, 5.41) is 3.07. The number of rotatable bonds is 2. The van der Waals surface area contributed by atoms with Crippen LogP contribution < -0.4 is 5.32 Å². The van der Waals surface area contributed by atoms with Gasteiger partial charge in [-0.05, 0) is 18.8 Å². The van der Waals surface area contributed by atoms with Gasteiger partial charge in [0, 0.05) is 19.6 Å². The maximum Gasteiger partial charge on any atom is 0.236 e. The lowest BCUT2D eigenvalue weighted by Crippen LogP contribution is -2.48. The molecule has 1 aliphatic heterocycles. The van der Waals surface area contributed by atoms with Crippen molar-refractivity contribution >= 4 is 18.3 Å². The number of hydrogen-bond acceptors (Lipinski definition) is 2. The summed E-state index contributed by atoms with van der Waals surface area (Å²) in [6.45, 7) is 3.45. The van der Waals surface area contributed by atoms with Crippen molar-refractivity contribution in [2.75, 3.05) is 26.2 Å². The van der Waals surface area contributed by atoms with Gasteiger partial charge in [-0.25, -0.2) is 0 Å². The Morgan fingerprint density at radius 3 is 2.83 bits per heavy atom. The Kier molecular flexibility index (Phi) is 3.35. The van der Waals surface area contributed by atoms with Gasteiger partial charge < -0.3 is 10.2 Å². The van der Waals surface area contributed by atoms with E-state index in [4.69, 9.17) is 0 Å². The number of piperazine rings is 1. The molecule has 3 nitrogen and oxygen atoms in total. The van der Waals surface area contributed by atoms with Crippen molar-refractivity contribution in [1.82, 2.24) is 10.2 Å². The lowest BCUT2D eigenvalue weighted by Gasteiger charge is -2.27. The van der Waals surface area contributed by atoms with Crippen LogP contribution in [0.25, 0.3) is 0 Å². The van der Waals surface area contributed by atoms with Gasteiger partial charge in [0.05, 0.1) is 6.54 Å². The van der Waals surface area contributed by atoms with Gasteiger partial charge in [-0.3, -0.25) is 4.79 Å². The Bertz CT molecular complexity index is 170. The van der Waals surface area contributed by atoms with Gasteiger partial charge in [-0.2, -0.15) is 0 Å². The van der Waals surface area contributed by atoms with E-state index in [0.717, 1.165) is 25.6 Å². The quantitative estimate of drug-likeness (QED) is 0.677. The number of carbonyl (C=O) groups excluding carboxylic acids is 1. The zero-order valence-corrected chi connectivity index (χ0v) is 7.90. The van der Waals surface area contributed by atoms with Crippen molar-refractivity contribution in [3.8, 4) is 0 Å². The summed E-state index contributed by atoms with van der Waals surface area (Å²) in [7, 11) is 0. The molecule has 0 aromatic heterocycles. The fraction of sp³-hybridized carbons (Fsp3) is 0.875. The van der Waals surface area contributed by atoms with Gasteiger partial charge >= 0.3 is 0 Å². The first-order valence-corrected chi connectivity index (χ1v) is 4.35. The molecule has 0 atom stereocenters. The minimum Gasteiger partial charge on any atom is -0.340 e. The summed E-state index contributed by atoms with van der Waals surface area (Å²) >= 11 is 0. The maximum atomic E-state index is 11.2. The van der Waals surface area contributed by atoms with Crippen LogP contribution in [-0.4, -0.2) is 37.0 Å². The molecule has 70 valence electrons. The van der Waals surface area contributed by atoms with Crippen molar-refractivity contribution in [2.24, 2.45) is 5.92 Å². The predicted octanol–water partition coefficient (Wildman–Crippen LogP) is 0.250. The second-order valence-corrected chi connectivity index (χ2v) is 3.46. The molecule has 0 spiro atoms. The van der Waals surface area contributed by atoms with Crippen LogP contribution in [0, 0.1) is 5.92 Å². The molecule has 1 heterocycles. The van der Waals surface area contributed by atoms with Gasteiger partial charge in [-0.15, -0.1) is 12.4 Å². The predicted molar refractivity (Wildman–Crippen MR) is 49.4 cm³/mol. The fourth-order valence-electron chi connectivity index (χ4n) is 1.45. The third-order valence-corrected chi connectivity index (χ3v) is 2.36. The van der Waals surface area contributed by atoms with Crippen LogP contribution >= 0.6 is 12.4 Å². The maximum absolute atomic E-state index is 11.2. The van der Waals surface area contributed by atoms with Crippen LogP contribution in [0.2, 0.25) is 0 Å². The molecule has 0 radical (unpaired) electrons. The first-order valence-electron chi connectivity index (χ1n) is 4.35. The molecule has 1 N–H and O–H groups in total. The van der Waals surface area contributed by atoms with Crippen LogP contribution in [0.15, 0.2) is 0 Å². The number of carbonyl (C=O) groups is 1. The standard InChI is InChI=1S/C8H14N2O.ClH/c11-8-5-9-3-4-10(8)6-7-1-2-7;/h7,9H,1-6H2;1H. The fourth-order valence-corrected chi connectivity index (χ4v) is 1.45. The van der Waals surface area contributed by atoms with E-state index < -0.39 is 0 Å². The van der Waals surface area contributed by atoms with E-state index in [9.17, 15) is 4.79 Å². The van der Waals surface area contributed by atoms with E-state index in [1.165, 1.54) is 12.8 Å². The number of hydrogen-bond donors (Lipinski definition) is 1. The third-order valence-electron chi connectivity index (χ3n) is 2.36. The topological polar surface area (TPSA) is 32.3 Å². The second-order valence-electron chi connectivity index (χ2n) is 3.46. The molecule has 0 unspecified atom stereocenters. The Hall–Kier alpha value is -0.280. The van der Waals surface area contributed by atoms with Gasteiger partial charge in [0.15, 0.2) is 0 Å². The van der Waals surface area contributed by atoms with Gasteiger partial charge in [-0.1, -0.05) is 0 Å². The van der Waals surface area contributed by atoms with Crippen LogP contribution in [-0.2, 0) is 4.79 Å². The summed E-state index contributed by atoms with van der Waals surface area (Å²) in [6, 6.07) is 0. The zero-order chi connectivity index (χ0) is 7.68. The van der Waals surface area contributed by atoms with E-state index in [1.807, 2.05) is 4.90 Å². The molecule has 1 saturated carbocycles. The first-order chi connectivity index (χ1) is 5.36. The summed E-state index contributed by atoms with van der Waals surface area (Å²) in [4.78, 5) is 13.2. The number of nitrogens with zero attached hydrogens (tertiary/aromatic N) is 1. The van der Waals surface area contributed by atoms with Crippen LogP contribution in [0.5, 0.6) is 0 Å². The summed E-state index contributed by atoms with van der Waals surface area (Å²) in [6.07, 6.45) is 2.66. The molecule has 2 rings (SSSR count). The molecule has 1 amide bonds. The molecule has 12 heavy (non-hydrogen) atoms. The molecular formula is C8H15ClN2O. The molecule has 0 bridgehead atoms. The van der Waals surface area contributed by atoms with E-state index in [-0.39, 0.29) is 18.3 Å². The summed E-state index contributed by atoms with van der Waals surface area (Å²) in [5.74, 6) is 1.11. The molecule has 2 aliphatic rings. The molecule has 0 aromatic carbocycles. The highest BCUT2D eigenvalue weighted by molar-refractivity contribution is 5.85. The molecular weight excluding hydrogens is 176 g/mol. The van der Waals surface area contributed by atoms with E-state index >= 15 is 0 Å². The lowest BCUT2D eigenvalue weighted by atomic mass is 10.3. The van der Waals surface area contributed by atoms with Crippen molar-refractivity contribution < 1.29 is 4.79 Å². The van der Waals surface area contributed by atoms with Crippen LogP contribution in [0.4, 0.5) is 0 Å². The third kappa shape index (κ3) is 2.35. The minimum absolute atomic E-state index is 0. The monoisotopic (exact) mass is 190 g/mol. The van der Waals surface area contributed by atoms with Crippen molar-refractivity contribution in [2.45, 2.75) is 12.8 Å². The van der Waals surface area contributed by atoms with Crippen LogP contribution in [0.3, 0.4) is 0 Å². The lowest BCUT2D eigenvalue weighted by molar-refractivity contribution is -0.132. The number of halogens is 1. The van der Waals surface area contributed by atoms with Gasteiger partial charge in [0.25, 0.3) is 0 Å². The molecule has 2 fully saturated rings. The smallest absolute Gasteiger partial charge is 0.236 e. The minimum atomic E-state index is 0. The molecule has 4 heteroatoms. The Morgan fingerprint density at radius 2 is 2.25 bits per heavy atom. The van der Waals surface area contributed by atoms with Crippen molar-refractivity contribution in [1.29, 1.82) is 0 Å². The highest BCUT2D eigenvalue weighted by Gasteiger charge is 2.27. The van der Waals surface area contributed by atoms with Gasteiger partial charge in [0.1, 0.15) is 0 Å². The Labute approximate surface area is 78.9 Å². The zero-order valence-electron chi connectivity index (χ0n) is 7.08. The normalized spacial score (nSPS) is 23.7. The molecule has 0 aromatic rings. The average molecular weight is 191 g/mol. The number of amides is 1. The largest absolute Gasteiger partial charge is 0.340 e. The summed E-state index contributed by atoms with van der Waals surface area (Å²) in [5.41, 5.74) is 0. The number of nitrogens with one attached hydrogen (secondary N) is 1. The average Bonchev–Trinajstić information content (AvgIpc) is 2.78. The highest BCUT2D eigenvalue weighted by atomic mass is 35.5. The van der Waals surface area contributed by atoms with Crippen molar-refractivity contribution in [3.63, 3.8) is 0 Å². The van der Waals surface area contributed by atoms with E-state index in [2.05, 4.69) is 5.32 Å². The van der Waals surface area contributed by atoms with E-state index in [1.54, 1.807) is 0 Å². The highest BCUT2D eigenvalue weighted by Crippen LogP contribution is 2.29. The molecule has 1 saturated heterocycles.